The highest BCUT2D eigenvalue weighted by molar-refractivity contribution is 6.69. The molecule has 0 aromatic rings. The minimum atomic E-state index is -5.01. The quantitative estimate of drug-likeness (QED) is 0.615. The monoisotopic (exact) mass is 252 g/mol. The number of aliphatic hydroxyl groups is 1. The van der Waals surface area contributed by atoms with Gasteiger partial charge in [-0.3, -0.25) is 0 Å². The van der Waals surface area contributed by atoms with Gasteiger partial charge < -0.3 is 9.53 Å². The maximum atomic E-state index is 12.9. The van der Waals surface area contributed by atoms with Gasteiger partial charge >= 0.3 is 17.9 Å². The average molecular weight is 252 g/mol. The fraction of sp³-hybridized carbons (Fsp3) is 1.00. The van der Waals surface area contributed by atoms with Crippen molar-refractivity contribution in [3.8, 4) is 0 Å². The lowest BCUT2D eigenvalue weighted by Gasteiger charge is -2.35. The molecule has 8 heteroatoms. The Labute approximate surface area is 85.2 Å². The Bertz CT molecular complexity index is 231. The molecule has 0 aliphatic rings. The smallest absolute Gasteiger partial charge is 0.358 e. The van der Waals surface area contributed by atoms with Gasteiger partial charge in [-0.25, -0.2) is 8.78 Å². The summed E-state index contributed by atoms with van der Waals surface area (Å²) in [6.45, 7) is 3.62. The topological polar surface area (TPSA) is 29.5 Å². The Morgan fingerprint density at radius 1 is 1.00 bits per heavy atom. The highest BCUT2D eigenvalue weighted by atomic mass is 28.4. The molecule has 0 rings (SSSR count). The average Bonchev–Trinajstić information content (AvgIpc) is 1.77. The van der Waals surface area contributed by atoms with Crippen LogP contribution >= 0.6 is 0 Å². The van der Waals surface area contributed by atoms with E-state index in [2.05, 4.69) is 4.43 Å². The molecule has 0 amide bonds. The second-order valence-corrected chi connectivity index (χ2v) is 8.67. The third-order valence-electron chi connectivity index (χ3n) is 1.40. The van der Waals surface area contributed by atoms with E-state index < -0.39 is 26.2 Å². The summed E-state index contributed by atoms with van der Waals surface area (Å²) in [7, 11) is -2.96. The van der Waals surface area contributed by atoms with Crippen molar-refractivity contribution in [3.05, 3.63) is 0 Å². The summed E-state index contributed by atoms with van der Waals surface area (Å²) in [4.78, 5) is 0. The van der Waals surface area contributed by atoms with Crippen LogP contribution in [0.2, 0.25) is 19.6 Å². The molecule has 15 heavy (non-hydrogen) atoms. The molecule has 92 valence electrons. The third kappa shape index (κ3) is 3.39. The molecular weight excluding hydrogens is 239 g/mol. The molecular formula is C7H13F5O2Si. The molecule has 0 heterocycles. The van der Waals surface area contributed by atoms with Crippen molar-refractivity contribution in [2.24, 2.45) is 0 Å². The van der Waals surface area contributed by atoms with Crippen molar-refractivity contribution in [2.75, 3.05) is 0 Å². The zero-order chi connectivity index (χ0) is 12.7. The van der Waals surface area contributed by atoms with E-state index in [4.69, 9.17) is 5.11 Å². The molecule has 0 saturated carbocycles. The number of hydrogen-bond acceptors (Lipinski definition) is 2. The minimum absolute atomic E-state index is 0.144. The SMILES string of the molecule is CC(F)(F)C(O)(F)C(F)(F)O[Si](C)(C)C. The van der Waals surface area contributed by atoms with Crippen LogP contribution in [0.15, 0.2) is 0 Å². The van der Waals surface area contributed by atoms with Gasteiger partial charge in [0.2, 0.25) is 0 Å². The van der Waals surface area contributed by atoms with Gasteiger partial charge in [0.1, 0.15) is 0 Å². The van der Waals surface area contributed by atoms with Gasteiger partial charge in [0.25, 0.3) is 0 Å². The van der Waals surface area contributed by atoms with Crippen LogP contribution in [0.5, 0.6) is 0 Å². The third-order valence-corrected chi connectivity index (χ3v) is 2.27. The highest BCUT2D eigenvalue weighted by Gasteiger charge is 2.69. The van der Waals surface area contributed by atoms with E-state index in [0.29, 0.717) is 0 Å². The van der Waals surface area contributed by atoms with E-state index in [1.54, 1.807) is 0 Å². The normalized spacial score (nSPS) is 18.8. The first-order valence-electron chi connectivity index (χ1n) is 4.08. The van der Waals surface area contributed by atoms with Crippen LogP contribution in [0.3, 0.4) is 0 Å². The lowest BCUT2D eigenvalue weighted by molar-refractivity contribution is -0.399. The van der Waals surface area contributed by atoms with E-state index >= 15 is 0 Å². The van der Waals surface area contributed by atoms with Crippen LogP contribution in [-0.4, -0.2) is 31.3 Å². The summed E-state index contributed by atoms with van der Waals surface area (Å²) in [5.74, 6) is -9.63. The number of halogens is 5. The fourth-order valence-corrected chi connectivity index (χ4v) is 1.61. The lowest BCUT2D eigenvalue weighted by Crippen LogP contribution is -2.59. The van der Waals surface area contributed by atoms with Crippen molar-refractivity contribution in [3.63, 3.8) is 0 Å². The maximum Gasteiger partial charge on any atom is 0.411 e. The lowest BCUT2D eigenvalue weighted by atomic mass is 10.1. The van der Waals surface area contributed by atoms with E-state index in [-0.39, 0.29) is 6.92 Å². The van der Waals surface area contributed by atoms with Crippen molar-refractivity contribution in [1.82, 2.24) is 0 Å². The summed E-state index contributed by atoms with van der Waals surface area (Å²) in [6.07, 6.45) is -4.93. The van der Waals surface area contributed by atoms with E-state index in [1.807, 2.05) is 0 Å². The summed E-state index contributed by atoms with van der Waals surface area (Å²) < 4.78 is 67.4. The Kier molecular flexibility index (Phi) is 3.62. The van der Waals surface area contributed by atoms with Gasteiger partial charge in [0.15, 0.2) is 8.32 Å². The highest BCUT2D eigenvalue weighted by Crippen LogP contribution is 2.43. The molecule has 0 aliphatic carbocycles. The van der Waals surface area contributed by atoms with E-state index in [9.17, 15) is 22.0 Å². The predicted octanol–water partition coefficient (Wildman–Crippen LogP) is 2.74. The van der Waals surface area contributed by atoms with Crippen LogP contribution < -0.4 is 0 Å². The first kappa shape index (κ1) is 14.8. The summed E-state index contributed by atoms with van der Waals surface area (Å²) in [5.41, 5.74) is 0. The maximum absolute atomic E-state index is 12.9. The van der Waals surface area contributed by atoms with Gasteiger partial charge in [0, 0.05) is 6.92 Å². The Morgan fingerprint density at radius 2 is 1.33 bits per heavy atom. The number of alkyl halides is 5. The molecule has 0 aromatic carbocycles. The van der Waals surface area contributed by atoms with Gasteiger partial charge in [-0.05, 0) is 19.6 Å². The van der Waals surface area contributed by atoms with Crippen molar-refractivity contribution in [1.29, 1.82) is 0 Å². The van der Waals surface area contributed by atoms with Gasteiger partial charge in [0.05, 0.1) is 0 Å². The van der Waals surface area contributed by atoms with Crippen molar-refractivity contribution < 1.29 is 31.5 Å². The Hall–Kier alpha value is -0.213. The van der Waals surface area contributed by atoms with Gasteiger partial charge in [-0.1, -0.05) is 0 Å². The van der Waals surface area contributed by atoms with Gasteiger partial charge in [-0.15, -0.1) is 0 Å². The van der Waals surface area contributed by atoms with Crippen molar-refractivity contribution in [2.45, 2.75) is 44.5 Å². The molecule has 1 unspecified atom stereocenters. The van der Waals surface area contributed by atoms with Crippen LogP contribution in [-0.2, 0) is 4.43 Å². The molecule has 0 aliphatic heterocycles. The first-order chi connectivity index (χ1) is 6.21. The Morgan fingerprint density at radius 3 is 1.53 bits per heavy atom. The molecule has 0 fully saturated rings. The molecule has 0 aromatic heterocycles. The Balaban J connectivity index is 5.03. The molecule has 2 nitrogen and oxygen atoms in total. The van der Waals surface area contributed by atoms with Crippen molar-refractivity contribution >= 4 is 8.32 Å². The first-order valence-corrected chi connectivity index (χ1v) is 7.49. The molecule has 1 N–H and O–H groups in total. The molecule has 0 spiro atoms. The molecule has 0 saturated heterocycles. The number of hydrogen-bond donors (Lipinski definition) is 1. The van der Waals surface area contributed by atoms with Crippen LogP contribution in [0, 0.1) is 0 Å². The summed E-state index contributed by atoms with van der Waals surface area (Å²) >= 11 is 0. The zero-order valence-electron chi connectivity index (χ0n) is 8.75. The van der Waals surface area contributed by atoms with E-state index in [0.717, 1.165) is 0 Å². The summed E-state index contributed by atoms with van der Waals surface area (Å²) in [6, 6.07) is 0. The second-order valence-electron chi connectivity index (χ2n) is 4.24. The fourth-order valence-electron chi connectivity index (χ4n) is 0.708. The second kappa shape index (κ2) is 3.67. The molecule has 0 bridgehead atoms. The summed E-state index contributed by atoms with van der Waals surface area (Å²) in [5, 5.41) is 8.47. The molecule has 1 atom stereocenters. The van der Waals surface area contributed by atoms with Crippen LogP contribution in [0.25, 0.3) is 0 Å². The van der Waals surface area contributed by atoms with Crippen LogP contribution in [0.1, 0.15) is 6.92 Å². The largest absolute Gasteiger partial charge is 0.411 e. The van der Waals surface area contributed by atoms with Crippen LogP contribution in [0.4, 0.5) is 22.0 Å². The van der Waals surface area contributed by atoms with Gasteiger partial charge in [-0.2, -0.15) is 13.2 Å². The van der Waals surface area contributed by atoms with E-state index in [1.165, 1.54) is 19.6 Å². The predicted molar refractivity (Wildman–Crippen MR) is 46.1 cm³/mol. The zero-order valence-corrected chi connectivity index (χ0v) is 9.75. The number of rotatable bonds is 4. The minimum Gasteiger partial charge on any atom is -0.358 e. The standard InChI is InChI=1S/C7H13F5O2Si/c1-5(8,9)6(10,13)7(11,12)14-15(2,3)4/h13H,1-4H3. The molecule has 0 radical (unpaired) electrons.